The molecule has 1 aromatic heterocycles. The second kappa shape index (κ2) is 5.61. The van der Waals surface area contributed by atoms with Gasteiger partial charge < -0.3 is 14.2 Å². The standard InChI is InChI=1S/C18H14N2O3/c1-21-14-5-2-12(3-6-14)15-8-9-19-18(20-15)13-4-7-16-17(10-13)23-11-22-16/h2-10H,11H2,1H3. The third-order valence-corrected chi connectivity index (χ3v) is 3.67. The average Bonchev–Trinajstić information content (AvgIpc) is 3.09. The number of ether oxygens (including phenoxy) is 3. The van der Waals surface area contributed by atoms with E-state index < -0.39 is 0 Å². The molecule has 0 fully saturated rings. The first-order chi connectivity index (χ1) is 11.3. The number of fused-ring (bicyclic) bond motifs is 1. The van der Waals surface area contributed by atoms with Gasteiger partial charge in [-0.3, -0.25) is 0 Å². The van der Waals surface area contributed by atoms with Gasteiger partial charge in [-0.1, -0.05) is 0 Å². The number of nitrogens with zero attached hydrogens (tertiary/aromatic N) is 2. The van der Waals surface area contributed by atoms with Crippen LogP contribution < -0.4 is 14.2 Å². The summed E-state index contributed by atoms with van der Waals surface area (Å²) >= 11 is 0. The van der Waals surface area contributed by atoms with Gasteiger partial charge in [0, 0.05) is 17.3 Å². The van der Waals surface area contributed by atoms with Crippen molar-refractivity contribution in [2.45, 2.75) is 0 Å². The molecule has 5 heteroatoms. The third-order valence-electron chi connectivity index (χ3n) is 3.67. The van der Waals surface area contributed by atoms with Gasteiger partial charge in [0.1, 0.15) is 5.75 Å². The molecule has 0 radical (unpaired) electrons. The first-order valence-corrected chi connectivity index (χ1v) is 7.21. The Morgan fingerprint density at radius 2 is 1.70 bits per heavy atom. The van der Waals surface area contributed by atoms with Crippen molar-refractivity contribution >= 4 is 0 Å². The Balaban J connectivity index is 1.70. The number of benzene rings is 2. The zero-order chi connectivity index (χ0) is 15.6. The zero-order valence-electron chi connectivity index (χ0n) is 12.5. The maximum absolute atomic E-state index is 5.41. The fourth-order valence-corrected chi connectivity index (χ4v) is 2.46. The van der Waals surface area contributed by atoms with Gasteiger partial charge in [0.05, 0.1) is 12.8 Å². The van der Waals surface area contributed by atoms with Crippen LogP contribution in [0.1, 0.15) is 0 Å². The van der Waals surface area contributed by atoms with Crippen molar-refractivity contribution in [2.75, 3.05) is 13.9 Å². The van der Waals surface area contributed by atoms with Gasteiger partial charge in [0.2, 0.25) is 6.79 Å². The van der Waals surface area contributed by atoms with E-state index >= 15 is 0 Å². The van der Waals surface area contributed by atoms with Crippen LogP contribution in [0.25, 0.3) is 22.6 Å². The predicted molar refractivity (Wildman–Crippen MR) is 85.6 cm³/mol. The van der Waals surface area contributed by atoms with Gasteiger partial charge >= 0.3 is 0 Å². The molecule has 5 nitrogen and oxygen atoms in total. The van der Waals surface area contributed by atoms with Crippen LogP contribution in [0.15, 0.2) is 54.7 Å². The number of hydrogen-bond acceptors (Lipinski definition) is 5. The van der Waals surface area contributed by atoms with Gasteiger partial charge in [-0.25, -0.2) is 9.97 Å². The molecule has 23 heavy (non-hydrogen) atoms. The lowest BCUT2D eigenvalue weighted by atomic mass is 10.1. The van der Waals surface area contributed by atoms with E-state index in [0.717, 1.165) is 34.1 Å². The van der Waals surface area contributed by atoms with Crippen LogP contribution in [0.4, 0.5) is 0 Å². The maximum Gasteiger partial charge on any atom is 0.231 e. The molecule has 0 atom stereocenters. The van der Waals surface area contributed by atoms with Crippen LogP contribution in [0, 0.1) is 0 Å². The monoisotopic (exact) mass is 306 g/mol. The molecule has 2 aromatic carbocycles. The Morgan fingerprint density at radius 3 is 2.52 bits per heavy atom. The zero-order valence-corrected chi connectivity index (χ0v) is 12.5. The molecule has 0 saturated heterocycles. The highest BCUT2D eigenvalue weighted by Crippen LogP contribution is 2.35. The van der Waals surface area contributed by atoms with Crippen molar-refractivity contribution in [3.05, 3.63) is 54.7 Å². The summed E-state index contributed by atoms with van der Waals surface area (Å²) in [6.45, 7) is 0.255. The van der Waals surface area contributed by atoms with Crippen LogP contribution in [0.5, 0.6) is 17.2 Å². The smallest absolute Gasteiger partial charge is 0.231 e. The Hall–Kier alpha value is -3.08. The molecule has 114 valence electrons. The summed E-state index contributed by atoms with van der Waals surface area (Å²) in [5, 5.41) is 0. The average molecular weight is 306 g/mol. The van der Waals surface area contributed by atoms with Crippen molar-refractivity contribution < 1.29 is 14.2 Å². The van der Waals surface area contributed by atoms with Crippen LogP contribution in [0.3, 0.4) is 0 Å². The molecule has 0 N–H and O–H groups in total. The minimum absolute atomic E-state index is 0.255. The lowest BCUT2D eigenvalue weighted by molar-refractivity contribution is 0.174. The molecule has 2 heterocycles. The molecule has 0 unspecified atom stereocenters. The lowest BCUT2D eigenvalue weighted by Crippen LogP contribution is -1.93. The summed E-state index contributed by atoms with van der Waals surface area (Å²) in [7, 11) is 1.65. The second-order valence-corrected chi connectivity index (χ2v) is 5.06. The first-order valence-electron chi connectivity index (χ1n) is 7.21. The van der Waals surface area contributed by atoms with Crippen molar-refractivity contribution in [1.82, 2.24) is 9.97 Å². The van der Waals surface area contributed by atoms with E-state index in [2.05, 4.69) is 9.97 Å². The Morgan fingerprint density at radius 1 is 0.913 bits per heavy atom. The minimum Gasteiger partial charge on any atom is -0.497 e. The van der Waals surface area contributed by atoms with E-state index in [9.17, 15) is 0 Å². The van der Waals surface area contributed by atoms with Crippen LogP contribution in [-0.4, -0.2) is 23.9 Å². The van der Waals surface area contributed by atoms with E-state index in [1.807, 2.05) is 48.5 Å². The summed E-state index contributed by atoms with van der Waals surface area (Å²) in [5.74, 6) is 2.94. The summed E-state index contributed by atoms with van der Waals surface area (Å²) in [6.07, 6.45) is 1.76. The number of aromatic nitrogens is 2. The van der Waals surface area contributed by atoms with Crippen LogP contribution in [0.2, 0.25) is 0 Å². The van der Waals surface area contributed by atoms with Gasteiger partial charge in [0.25, 0.3) is 0 Å². The summed E-state index contributed by atoms with van der Waals surface area (Å²) in [5.41, 5.74) is 2.76. The lowest BCUT2D eigenvalue weighted by Gasteiger charge is -2.06. The van der Waals surface area contributed by atoms with Gasteiger partial charge in [-0.05, 0) is 48.5 Å². The fraction of sp³-hybridized carbons (Fsp3) is 0.111. The summed E-state index contributed by atoms with van der Waals surface area (Å²) < 4.78 is 15.9. The first kappa shape index (κ1) is 13.6. The number of rotatable bonds is 3. The SMILES string of the molecule is COc1ccc(-c2ccnc(-c3ccc4c(c3)OCO4)n2)cc1. The van der Waals surface area contributed by atoms with E-state index in [0.29, 0.717) is 5.82 Å². The Kier molecular flexibility index (Phi) is 3.31. The van der Waals surface area contributed by atoms with Crippen molar-refractivity contribution in [3.63, 3.8) is 0 Å². The Bertz CT molecular complexity index is 847. The molecule has 1 aliphatic rings. The normalized spacial score (nSPS) is 12.2. The topological polar surface area (TPSA) is 53.5 Å². The van der Waals surface area contributed by atoms with E-state index in [1.54, 1.807) is 13.3 Å². The highest BCUT2D eigenvalue weighted by atomic mass is 16.7. The van der Waals surface area contributed by atoms with Gasteiger partial charge in [-0.15, -0.1) is 0 Å². The molecule has 0 bridgehead atoms. The summed E-state index contributed by atoms with van der Waals surface area (Å²) in [4.78, 5) is 9.01. The molecule has 0 aliphatic carbocycles. The third kappa shape index (κ3) is 2.57. The molecule has 3 aromatic rings. The molecule has 0 amide bonds. The Labute approximate surface area is 133 Å². The van der Waals surface area contributed by atoms with E-state index in [4.69, 9.17) is 14.2 Å². The summed E-state index contributed by atoms with van der Waals surface area (Å²) in [6, 6.07) is 15.4. The highest BCUT2D eigenvalue weighted by molar-refractivity contribution is 5.66. The van der Waals surface area contributed by atoms with Crippen LogP contribution in [-0.2, 0) is 0 Å². The van der Waals surface area contributed by atoms with E-state index in [-0.39, 0.29) is 6.79 Å². The van der Waals surface area contributed by atoms with Crippen LogP contribution >= 0.6 is 0 Å². The quantitative estimate of drug-likeness (QED) is 0.740. The molecule has 1 aliphatic heterocycles. The molecular weight excluding hydrogens is 292 g/mol. The van der Waals surface area contributed by atoms with E-state index in [1.165, 1.54) is 0 Å². The highest BCUT2D eigenvalue weighted by Gasteiger charge is 2.15. The maximum atomic E-state index is 5.41. The largest absolute Gasteiger partial charge is 0.497 e. The van der Waals surface area contributed by atoms with Gasteiger partial charge in [-0.2, -0.15) is 0 Å². The number of hydrogen-bond donors (Lipinski definition) is 0. The van der Waals surface area contributed by atoms with Gasteiger partial charge in [0.15, 0.2) is 17.3 Å². The number of methoxy groups -OCH3 is 1. The molecular formula is C18H14N2O3. The minimum atomic E-state index is 0.255. The molecule has 0 spiro atoms. The van der Waals surface area contributed by atoms with Crippen molar-refractivity contribution in [3.8, 4) is 39.9 Å². The predicted octanol–water partition coefficient (Wildman–Crippen LogP) is 3.55. The molecule has 4 rings (SSSR count). The molecule has 0 saturated carbocycles. The second-order valence-electron chi connectivity index (χ2n) is 5.06. The fourth-order valence-electron chi connectivity index (χ4n) is 2.46. The van der Waals surface area contributed by atoms with Crippen molar-refractivity contribution in [1.29, 1.82) is 0 Å². The van der Waals surface area contributed by atoms with Crippen molar-refractivity contribution in [2.24, 2.45) is 0 Å².